The van der Waals surface area contributed by atoms with Gasteiger partial charge in [0.1, 0.15) is 5.82 Å². The van der Waals surface area contributed by atoms with Crippen molar-refractivity contribution in [1.29, 1.82) is 0 Å². The van der Waals surface area contributed by atoms with Crippen LogP contribution in [0.25, 0.3) is 0 Å². The molecule has 0 radical (unpaired) electrons. The average Bonchev–Trinajstić information content (AvgIpc) is 2.65. The van der Waals surface area contributed by atoms with Gasteiger partial charge in [0.15, 0.2) is 0 Å². The SMILES string of the molecule is Cc1nccc(C2CNCC2C(=O)O)n1. The second-order valence-electron chi connectivity index (χ2n) is 3.74. The highest BCUT2D eigenvalue weighted by molar-refractivity contribution is 5.72. The van der Waals surface area contributed by atoms with Gasteiger partial charge in [-0.2, -0.15) is 0 Å². The van der Waals surface area contributed by atoms with E-state index in [1.165, 1.54) is 0 Å². The van der Waals surface area contributed by atoms with E-state index in [-0.39, 0.29) is 11.8 Å². The lowest BCUT2D eigenvalue weighted by molar-refractivity contribution is -0.141. The van der Waals surface area contributed by atoms with Crippen LogP contribution in [0.3, 0.4) is 0 Å². The summed E-state index contributed by atoms with van der Waals surface area (Å²) >= 11 is 0. The van der Waals surface area contributed by atoms with Crippen molar-refractivity contribution in [1.82, 2.24) is 15.3 Å². The number of carboxylic acid groups (broad SMARTS) is 1. The average molecular weight is 207 g/mol. The summed E-state index contributed by atoms with van der Waals surface area (Å²) in [6.45, 7) is 3.00. The van der Waals surface area contributed by atoms with Gasteiger partial charge < -0.3 is 10.4 Å². The van der Waals surface area contributed by atoms with Crippen molar-refractivity contribution < 1.29 is 9.90 Å². The second kappa shape index (κ2) is 3.94. The molecule has 0 bridgehead atoms. The third kappa shape index (κ3) is 1.97. The van der Waals surface area contributed by atoms with Gasteiger partial charge in [-0.25, -0.2) is 9.97 Å². The molecule has 0 spiro atoms. The van der Waals surface area contributed by atoms with Crippen molar-refractivity contribution >= 4 is 5.97 Å². The second-order valence-corrected chi connectivity index (χ2v) is 3.74. The maximum absolute atomic E-state index is 11.0. The largest absolute Gasteiger partial charge is 0.481 e. The molecule has 0 aliphatic carbocycles. The monoisotopic (exact) mass is 207 g/mol. The minimum Gasteiger partial charge on any atom is -0.481 e. The van der Waals surface area contributed by atoms with Gasteiger partial charge in [0.25, 0.3) is 0 Å². The summed E-state index contributed by atoms with van der Waals surface area (Å²) in [7, 11) is 0. The van der Waals surface area contributed by atoms with Gasteiger partial charge >= 0.3 is 5.97 Å². The molecule has 2 N–H and O–H groups in total. The van der Waals surface area contributed by atoms with Crippen LogP contribution in [0.15, 0.2) is 12.3 Å². The Kier molecular flexibility index (Phi) is 2.64. The Labute approximate surface area is 87.6 Å². The number of rotatable bonds is 2. The van der Waals surface area contributed by atoms with Crippen molar-refractivity contribution in [2.24, 2.45) is 5.92 Å². The maximum Gasteiger partial charge on any atom is 0.308 e. The van der Waals surface area contributed by atoms with Gasteiger partial charge in [-0.15, -0.1) is 0 Å². The molecule has 1 aromatic rings. The van der Waals surface area contributed by atoms with Crippen LogP contribution in [0.2, 0.25) is 0 Å². The number of hydrogen-bond acceptors (Lipinski definition) is 4. The molecule has 2 heterocycles. The summed E-state index contributed by atoms with van der Waals surface area (Å²) in [5.74, 6) is -0.492. The van der Waals surface area contributed by atoms with Gasteiger partial charge in [0.05, 0.1) is 5.92 Å². The van der Waals surface area contributed by atoms with Gasteiger partial charge in [-0.1, -0.05) is 0 Å². The number of nitrogens with zero attached hydrogens (tertiary/aromatic N) is 2. The molecular formula is C10H13N3O2. The summed E-state index contributed by atoms with van der Waals surface area (Å²) in [4.78, 5) is 19.3. The van der Waals surface area contributed by atoms with Crippen molar-refractivity contribution in [3.05, 3.63) is 23.8 Å². The number of carbonyl (C=O) groups is 1. The van der Waals surface area contributed by atoms with E-state index in [1.54, 1.807) is 12.3 Å². The van der Waals surface area contributed by atoms with E-state index in [4.69, 9.17) is 5.11 Å². The first-order valence-electron chi connectivity index (χ1n) is 4.91. The van der Waals surface area contributed by atoms with Crippen molar-refractivity contribution in [3.63, 3.8) is 0 Å². The maximum atomic E-state index is 11.0. The van der Waals surface area contributed by atoms with Crippen LogP contribution in [0, 0.1) is 12.8 Å². The fourth-order valence-electron chi connectivity index (χ4n) is 1.93. The zero-order valence-electron chi connectivity index (χ0n) is 8.47. The molecule has 2 rings (SSSR count). The van der Waals surface area contributed by atoms with Gasteiger partial charge in [-0.3, -0.25) is 4.79 Å². The van der Waals surface area contributed by atoms with E-state index in [0.29, 0.717) is 18.9 Å². The Bertz CT molecular complexity index is 381. The Morgan fingerprint density at radius 1 is 1.60 bits per heavy atom. The number of carboxylic acids is 1. The summed E-state index contributed by atoms with van der Waals surface area (Å²) in [6, 6.07) is 1.79. The molecule has 5 heteroatoms. The highest BCUT2D eigenvalue weighted by Gasteiger charge is 2.34. The van der Waals surface area contributed by atoms with Crippen molar-refractivity contribution in [2.75, 3.05) is 13.1 Å². The minimum atomic E-state index is -0.763. The smallest absolute Gasteiger partial charge is 0.308 e. The lowest BCUT2D eigenvalue weighted by atomic mass is 9.93. The zero-order valence-corrected chi connectivity index (χ0v) is 8.47. The number of aromatic nitrogens is 2. The molecule has 80 valence electrons. The zero-order chi connectivity index (χ0) is 10.8. The molecule has 2 atom stereocenters. The first-order valence-corrected chi connectivity index (χ1v) is 4.91. The Hall–Kier alpha value is -1.49. The number of nitrogens with one attached hydrogen (secondary N) is 1. The first-order chi connectivity index (χ1) is 7.18. The molecule has 2 unspecified atom stereocenters. The Balaban J connectivity index is 2.26. The van der Waals surface area contributed by atoms with Gasteiger partial charge in [0.2, 0.25) is 0 Å². The van der Waals surface area contributed by atoms with E-state index in [1.807, 2.05) is 6.92 Å². The third-order valence-corrected chi connectivity index (χ3v) is 2.71. The number of aliphatic carboxylic acids is 1. The van der Waals surface area contributed by atoms with Crippen LogP contribution in [0.4, 0.5) is 0 Å². The predicted molar refractivity (Wildman–Crippen MR) is 53.5 cm³/mol. The van der Waals surface area contributed by atoms with Crippen LogP contribution in [-0.4, -0.2) is 34.1 Å². The van der Waals surface area contributed by atoms with Crippen LogP contribution >= 0.6 is 0 Å². The van der Waals surface area contributed by atoms with E-state index in [0.717, 1.165) is 5.69 Å². The molecule has 0 aromatic carbocycles. The summed E-state index contributed by atoms with van der Waals surface area (Å²) in [6.07, 6.45) is 1.68. The third-order valence-electron chi connectivity index (χ3n) is 2.71. The number of hydrogen-bond donors (Lipinski definition) is 2. The molecule has 1 aliphatic heterocycles. The molecule has 1 fully saturated rings. The summed E-state index contributed by atoms with van der Waals surface area (Å²) in [5.41, 5.74) is 0.819. The fraction of sp³-hybridized carbons (Fsp3) is 0.500. The molecule has 15 heavy (non-hydrogen) atoms. The molecule has 1 aliphatic rings. The van der Waals surface area contributed by atoms with E-state index < -0.39 is 5.97 Å². The lowest BCUT2D eigenvalue weighted by Gasteiger charge is -2.13. The molecule has 5 nitrogen and oxygen atoms in total. The predicted octanol–water partition coefficient (Wildman–Crippen LogP) is 0.173. The van der Waals surface area contributed by atoms with E-state index >= 15 is 0 Å². The minimum absolute atomic E-state index is 0.0378. The van der Waals surface area contributed by atoms with E-state index in [9.17, 15) is 4.79 Å². The van der Waals surface area contributed by atoms with Crippen molar-refractivity contribution in [2.45, 2.75) is 12.8 Å². The van der Waals surface area contributed by atoms with Gasteiger partial charge in [-0.05, 0) is 13.0 Å². The standard InChI is InChI=1S/C10H13N3O2/c1-6-12-3-2-9(13-6)7-4-11-5-8(7)10(14)15/h2-3,7-8,11H,4-5H2,1H3,(H,14,15). The lowest BCUT2D eigenvalue weighted by Crippen LogP contribution is -2.21. The van der Waals surface area contributed by atoms with E-state index in [2.05, 4.69) is 15.3 Å². The highest BCUT2D eigenvalue weighted by Crippen LogP contribution is 2.26. The van der Waals surface area contributed by atoms with Crippen LogP contribution in [-0.2, 0) is 4.79 Å². The Morgan fingerprint density at radius 2 is 2.40 bits per heavy atom. The Morgan fingerprint density at radius 3 is 3.07 bits per heavy atom. The highest BCUT2D eigenvalue weighted by atomic mass is 16.4. The fourth-order valence-corrected chi connectivity index (χ4v) is 1.93. The quantitative estimate of drug-likeness (QED) is 0.723. The normalized spacial score (nSPS) is 25.4. The molecule has 1 aromatic heterocycles. The van der Waals surface area contributed by atoms with Crippen molar-refractivity contribution in [3.8, 4) is 0 Å². The molecule has 0 amide bonds. The topological polar surface area (TPSA) is 75.1 Å². The van der Waals surface area contributed by atoms with Crippen LogP contribution < -0.4 is 5.32 Å². The molecular weight excluding hydrogens is 194 g/mol. The first kappa shape index (κ1) is 10.0. The summed E-state index contributed by atoms with van der Waals surface area (Å²) < 4.78 is 0. The molecule has 1 saturated heterocycles. The van der Waals surface area contributed by atoms with Crippen LogP contribution in [0.1, 0.15) is 17.4 Å². The van der Waals surface area contributed by atoms with Gasteiger partial charge in [0, 0.05) is 30.9 Å². The number of aryl methyl sites for hydroxylation is 1. The van der Waals surface area contributed by atoms with Crippen LogP contribution in [0.5, 0.6) is 0 Å². The summed E-state index contributed by atoms with van der Waals surface area (Å²) in [5, 5.41) is 12.1. The molecule has 0 saturated carbocycles.